The fourth-order valence-corrected chi connectivity index (χ4v) is 4.01. The molecule has 2 fully saturated rings. The Morgan fingerprint density at radius 2 is 2.09 bits per heavy atom. The Kier molecular flexibility index (Phi) is 4.42. The number of benzene rings is 1. The van der Waals surface area contributed by atoms with Crippen molar-refractivity contribution in [2.45, 2.75) is 63.8 Å². The molecule has 0 radical (unpaired) electrons. The van der Waals surface area contributed by atoms with Crippen molar-refractivity contribution in [3.05, 3.63) is 29.6 Å². The van der Waals surface area contributed by atoms with E-state index in [4.69, 9.17) is 4.74 Å². The predicted octanol–water partition coefficient (Wildman–Crippen LogP) is 3.47. The van der Waals surface area contributed by atoms with Gasteiger partial charge < -0.3 is 15.0 Å². The van der Waals surface area contributed by atoms with Gasteiger partial charge in [-0.25, -0.2) is 4.39 Å². The molecule has 3 nitrogen and oxygen atoms in total. The molecule has 122 valence electrons. The van der Waals surface area contributed by atoms with Gasteiger partial charge in [-0.05, 0) is 38.8 Å². The molecule has 2 aliphatic rings. The van der Waals surface area contributed by atoms with Crippen molar-refractivity contribution < 1.29 is 9.13 Å². The summed E-state index contributed by atoms with van der Waals surface area (Å²) < 4.78 is 19.3. The summed E-state index contributed by atoms with van der Waals surface area (Å²) in [5.41, 5.74) is 1.69. The van der Waals surface area contributed by atoms with Crippen LogP contribution in [0.3, 0.4) is 0 Å². The van der Waals surface area contributed by atoms with E-state index in [0.29, 0.717) is 24.3 Å². The minimum atomic E-state index is -0.164. The number of nitrogens with zero attached hydrogens (tertiary/aromatic N) is 1. The minimum Gasteiger partial charge on any atom is -0.380 e. The second-order valence-corrected chi connectivity index (χ2v) is 7.32. The lowest BCUT2D eigenvalue weighted by molar-refractivity contribution is 0.181. The fourth-order valence-electron chi connectivity index (χ4n) is 4.01. The number of hydrogen-bond acceptors (Lipinski definition) is 3. The van der Waals surface area contributed by atoms with Crippen molar-refractivity contribution in [1.29, 1.82) is 0 Å². The maximum atomic E-state index is 14.3. The molecule has 1 heterocycles. The molecule has 1 aliphatic carbocycles. The lowest BCUT2D eigenvalue weighted by atomic mass is 9.83. The Labute approximate surface area is 132 Å². The highest BCUT2D eigenvalue weighted by molar-refractivity contribution is 5.51. The van der Waals surface area contributed by atoms with Crippen LogP contribution in [0.2, 0.25) is 0 Å². The van der Waals surface area contributed by atoms with Gasteiger partial charge in [0.25, 0.3) is 0 Å². The lowest BCUT2D eigenvalue weighted by Crippen LogP contribution is -2.67. The van der Waals surface area contributed by atoms with Gasteiger partial charge in [0.1, 0.15) is 5.82 Å². The summed E-state index contributed by atoms with van der Waals surface area (Å²) in [5.74, 6) is -0.164. The number of rotatable bonds is 3. The predicted molar refractivity (Wildman–Crippen MR) is 87.7 cm³/mol. The molecule has 1 saturated heterocycles. The minimum absolute atomic E-state index is 0.0557. The van der Waals surface area contributed by atoms with E-state index in [2.05, 4.69) is 24.1 Å². The number of nitrogens with one attached hydrogen (secondary N) is 1. The smallest absolute Gasteiger partial charge is 0.130 e. The molecular weight excluding hydrogens is 279 g/mol. The number of hydrogen-bond donors (Lipinski definition) is 1. The number of anilines is 1. The maximum Gasteiger partial charge on any atom is 0.130 e. The Balaban J connectivity index is 1.89. The number of methoxy groups -OCH3 is 1. The van der Waals surface area contributed by atoms with E-state index < -0.39 is 0 Å². The van der Waals surface area contributed by atoms with E-state index in [1.165, 1.54) is 25.7 Å². The van der Waals surface area contributed by atoms with Crippen molar-refractivity contribution in [3.63, 3.8) is 0 Å². The third-order valence-corrected chi connectivity index (χ3v) is 4.94. The molecule has 1 saturated carbocycles. The molecule has 1 N–H and O–H groups in total. The summed E-state index contributed by atoms with van der Waals surface area (Å²) in [4.78, 5) is 2.42. The normalized spacial score (nSPS) is 27.5. The molecule has 1 aliphatic heterocycles. The average molecular weight is 306 g/mol. The number of piperazine rings is 1. The van der Waals surface area contributed by atoms with E-state index in [-0.39, 0.29) is 11.4 Å². The monoisotopic (exact) mass is 306 g/mol. The van der Waals surface area contributed by atoms with Gasteiger partial charge in [0, 0.05) is 42.5 Å². The van der Waals surface area contributed by atoms with Gasteiger partial charge in [0.15, 0.2) is 0 Å². The molecule has 0 unspecified atom stereocenters. The zero-order chi connectivity index (χ0) is 15.7. The SMILES string of the molecule is COCc1ccc(N2CC(C)(C)N[C@H]3CCCC[C@@H]32)cc1F. The summed E-state index contributed by atoms with van der Waals surface area (Å²) in [7, 11) is 1.60. The van der Waals surface area contributed by atoms with Crippen LogP contribution >= 0.6 is 0 Å². The van der Waals surface area contributed by atoms with E-state index >= 15 is 0 Å². The highest BCUT2D eigenvalue weighted by Crippen LogP contribution is 2.34. The molecule has 0 aromatic heterocycles. The Morgan fingerprint density at radius 3 is 2.82 bits per heavy atom. The van der Waals surface area contributed by atoms with Crippen molar-refractivity contribution in [1.82, 2.24) is 5.32 Å². The third kappa shape index (κ3) is 3.13. The van der Waals surface area contributed by atoms with Crippen LogP contribution in [0.15, 0.2) is 18.2 Å². The Morgan fingerprint density at radius 1 is 1.32 bits per heavy atom. The molecule has 0 spiro atoms. The zero-order valence-corrected chi connectivity index (χ0v) is 13.9. The Bertz CT molecular complexity index is 532. The van der Waals surface area contributed by atoms with Gasteiger partial charge in [0.05, 0.1) is 6.61 Å². The van der Waals surface area contributed by atoms with Crippen LogP contribution in [0, 0.1) is 5.82 Å². The van der Waals surface area contributed by atoms with Crippen LogP contribution in [-0.2, 0) is 11.3 Å². The summed E-state index contributed by atoms with van der Waals surface area (Å²) in [6, 6.07) is 6.58. The van der Waals surface area contributed by atoms with Crippen LogP contribution < -0.4 is 10.2 Å². The summed E-state index contributed by atoms with van der Waals surface area (Å²) >= 11 is 0. The molecule has 0 amide bonds. The first-order chi connectivity index (χ1) is 10.5. The van der Waals surface area contributed by atoms with Gasteiger partial charge in [-0.1, -0.05) is 18.9 Å². The highest BCUT2D eigenvalue weighted by Gasteiger charge is 2.40. The largest absolute Gasteiger partial charge is 0.380 e. The van der Waals surface area contributed by atoms with Crippen LogP contribution in [0.4, 0.5) is 10.1 Å². The molecule has 1 aromatic rings. The summed E-state index contributed by atoms with van der Waals surface area (Å²) in [6.07, 6.45) is 4.97. The van der Waals surface area contributed by atoms with Gasteiger partial charge in [0.2, 0.25) is 0 Å². The first kappa shape index (κ1) is 15.8. The summed E-state index contributed by atoms with van der Waals surface area (Å²) in [6.45, 7) is 5.71. The molecular formula is C18H27FN2O. The average Bonchev–Trinajstić information content (AvgIpc) is 2.48. The standard InChI is InChI=1S/C18H27FN2O/c1-18(2)12-21(17-7-5-4-6-16(17)20-18)14-9-8-13(11-22-3)15(19)10-14/h8-10,16-17,20H,4-7,11-12H2,1-3H3/t16-,17-/m0/s1. The van der Waals surface area contributed by atoms with Crippen molar-refractivity contribution in [3.8, 4) is 0 Å². The third-order valence-electron chi connectivity index (χ3n) is 4.94. The van der Waals surface area contributed by atoms with Gasteiger partial charge in [-0.3, -0.25) is 0 Å². The first-order valence-electron chi connectivity index (χ1n) is 8.32. The van der Waals surface area contributed by atoms with Crippen molar-refractivity contribution in [2.75, 3.05) is 18.6 Å². The molecule has 2 atom stereocenters. The van der Waals surface area contributed by atoms with E-state index in [1.54, 1.807) is 13.2 Å². The number of fused-ring (bicyclic) bond motifs is 1. The van der Waals surface area contributed by atoms with Crippen molar-refractivity contribution >= 4 is 5.69 Å². The van der Waals surface area contributed by atoms with Crippen LogP contribution in [-0.4, -0.2) is 31.3 Å². The van der Waals surface area contributed by atoms with Crippen LogP contribution in [0.25, 0.3) is 0 Å². The molecule has 4 heteroatoms. The van der Waals surface area contributed by atoms with Crippen LogP contribution in [0.5, 0.6) is 0 Å². The van der Waals surface area contributed by atoms with E-state index in [9.17, 15) is 4.39 Å². The topological polar surface area (TPSA) is 24.5 Å². The quantitative estimate of drug-likeness (QED) is 0.925. The molecule has 0 bridgehead atoms. The lowest BCUT2D eigenvalue weighted by Gasteiger charge is -2.52. The highest BCUT2D eigenvalue weighted by atomic mass is 19.1. The first-order valence-corrected chi connectivity index (χ1v) is 8.32. The van der Waals surface area contributed by atoms with Gasteiger partial charge in [-0.15, -0.1) is 0 Å². The van der Waals surface area contributed by atoms with E-state index in [0.717, 1.165) is 12.2 Å². The number of halogens is 1. The van der Waals surface area contributed by atoms with Gasteiger partial charge in [-0.2, -0.15) is 0 Å². The molecule has 1 aromatic carbocycles. The van der Waals surface area contributed by atoms with E-state index in [1.807, 2.05) is 12.1 Å². The molecule has 3 rings (SSSR count). The fraction of sp³-hybridized carbons (Fsp3) is 0.667. The maximum absolute atomic E-state index is 14.3. The molecule has 22 heavy (non-hydrogen) atoms. The zero-order valence-electron chi connectivity index (χ0n) is 13.9. The summed E-state index contributed by atoms with van der Waals surface area (Å²) in [5, 5.41) is 3.79. The second kappa shape index (κ2) is 6.17. The number of ether oxygens (including phenoxy) is 1. The second-order valence-electron chi connectivity index (χ2n) is 7.32. The van der Waals surface area contributed by atoms with Crippen LogP contribution in [0.1, 0.15) is 45.1 Å². The Hall–Kier alpha value is -1.13. The van der Waals surface area contributed by atoms with Gasteiger partial charge >= 0.3 is 0 Å². The van der Waals surface area contributed by atoms with Crippen molar-refractivity contribution in [2.24, 2.45) is 0 Å².